The number of H-pyrrole nitrogens is 1. The number of halogens is 2. The fourth-order valence-corrected chi connectivity index (χ4v) is 1.81. The lowest BCUT2D eigenvalue weighted by atomic mass is 10.3. The number of hydrogen-bond donors (Lipinski definition) is 1. The maximum Gasteiger partial charge on any atom is 0.348 e. The molecule has 14 heavy (non-hydrogen) atoms. The smallest absolute Gasteiger partial charge is 0.246 e. The van der Waals surface area contributed by atoms with E-state index in [1.165, 1.54) is 4.57 Å². The lowest BCUT2D eigenvalue weighted by Crippen LogP contribution is -2.14. The molecular weight excluding hydrogens is 314 g/mol. The Bertz CT molecular complexity index is 500. The molecule has 0 atom stereocenters. The average molecular weight is 319 g/mol. The lowest BCUT2D eigenvalue weighted by Gasteiger charge is -2.00. The molecule has 0 radical (unpaired) electrons. The summed E-state index contributed by atoms with van der Waals surface area (Å²) in [6.07, 6.45) is 0. The van der Waals surface area contributed by atoms with Crippen LogP contribution in [0.1, 0.15) is 0 Å². The first-order valence-corrected chi connectivity index (χ1v) is 5.36. The second-order valence-electron chi connectivity index (χ2n) is 2.61. The summed E-state index contributed by atoms with van der Waals surface area (Å²) < 4.78 is 2.87. The van der Waals surface area contributed by atoms with Gasteiger partial charge in [0.15, 0.2) is 0 Å². The van der Waals surface area contributed by atoms with Crippen LogP contribution < -0.4 is 5.69 Å². The van der Waals surface area contributed by atoms with Gasteiger partial charge in [0.2, 0.25) is 4.73 Å². The van der Waals surface area contributed by atoms with Gasteiger partial charge in [0, 0.05) is 4.47 Å². The maximum absolute atomic E-state index is 11.3. The molecular formula is C8H5Br2N3O. The van der Waals surface area contributed by atoms with Gasteiger partial charge in [-0.15, -0.1) is 5.10 Å². The summed E-state index contributed by atoms with van der Waals surface area (Å²) in [5.41, 5.74) is 0.498. The van der Waals surface area contributed by atoms with Crippen molar-refractivity contribution in [3.05, 3.63) is 44.0 Å². The van der Waals surface area contributed by atoms with Crippen LogP contribution >= 0.6 is 31.9 Å². The van der Waals surface area contributed by atoms with Crippen molar-refractivity contribution in [2.45, 2.75) is 0 Å². The Kier molecular flexibility index (Phi) is 2.56. The summed E-state index contributed by atoms with van der Waals surface area (Å²) in [6, 6.07) is 7.37. The zero-order valence-electron chi connectivity index (χ0n) is 6.87. The molecule has 0 saturated carbocycles. The predicted octanol–water partition coefficient (Wildman–Crippen LogP) is 2.09. The Balaban J connectivity index is 2.60. The Morgan fingerprint density at radius 3 is 2.36 bits per heavy atom. The Hall–Kier alpha value is -0.880. The Morgan fingerprint density at radius 2 is 1.86 bits per heavy atom. The third kappa shape index (κ3) is 1.67. The molecule has 0 aliphatic heterocycles. The molecule has 6 heteroatoms. The molecule has 2 rings (SSSR count). The summed E-state index contributed by atoms with van der Waals surface area (Å²) in [5, 5.41) is 6.09. The summed E-state index contributed by atoms with van der Waals surface area (Å²) in [7, 11) is 0. The van der Waals surface area contributed by atoms with Crippen molar-refractivity contribution in [2.24, 2.45) is 0 Å². The molecule has 1 N–H and O–H groups in total. The highest BCUT2D eigenvalue weighted by Gasteiger charge is 2.06. The first-order chi connectivity index (χ1) is 6.68. The van der Waals surface area contributed by atoms with Crippen molar-refractivity contribution in [3.63, 3.8) is 0 Å². The van der Waals surface area contributed by atoms with Crippen LogP contribution in [0.4, 0.5) is 0 Å². The van der Waals surface area contributed by atoms with Crippen LogP contribution in [-0.4, -0.2) is 14.8 Å². The van der Waals surface area contributed by atoms with E-state index in [9.17, 15) is 4.79 Å². The van der Waals surface area contributed by atoms with Crippen molar-refractivity contribution in [3.8, 4) is 5.69 Å². The van der Waals surface area contributed by atoms with E-state index in [4.69, 9.17) is 0 Å². The monoisotopic (exact) mass is 317 g/mol. The van der Waals surface area contributed by atoms with Crippen molar-refractivity contribution in [1.29, 1.82) is 0 Å². The number of nitrogens with one attached hydrogen (secondary N) is 1. The van der Waals surface area contributed by atoms with Gasteiger partial charge < -0.3 is 0 Å². The summed E-state index contributed by atoms with van der Waals surface area (Å²) in [6.45, 7) is 0. The topological polar surface area (TPSA) is 50.7 Å². The fourth-order valence-electron chi connectivity index (χ4n) is 1.09. The molecule has 1 heterocycles. The fraction of sp³-hybridized carbons (Fsp3) is 0. The van der Waals surface area contributed by atoms with E-state index in [0.717, 1.165) is 10.2 Å². The van der Waals surface area contributed by atoms with E-state index in [2.05, 4.69) is 42.1 Å². The average Bonchev–Trinajstić information content (AvgIpc) is 2.49. The minimum Gasteiger partial charge on any atom is -0.246 e. The van der Waals surface area contributed by atoms with E-state index < -0.39 is 0 Å². The summed E-state index contributed by atoms with van der Waals surface area (Å²) >= 11 is 6.50. The second-order valence-corrected chi connectivity index (χ2v) is 4.23. The first-order valence-electron chi connectivity index (χ1n) is 3.77. The highest BCUT2D eigenvalue weighted by molar-refractivity contribution is 9.10. The number of benzene rings is 1. The van der Waals surface area contributed by atoms with E-state index >= 15 is 0 Å². The molecule has 0 fully saturated rings. The highest BCUT2D eigenvalue weighted by atomic mass is 79.9. The van der Waals surface area contributed by atoms with E-state index in [0.29, 0.717) is 4.73 Å². The molecule has 0 spiro atoms. The normalized spacial score (nSPS) is 10.4. The predicted molar refractivity (Wildman–Crippen MR) is 59.6 cm³/mol. The number of nitrogens with zero attached hydrogens (tertiary/aromatic N) is 2. The molecule has 0 bridgehead atoms. The molecule has 1 aromatic heterocycles. The Labute approximate surface area is 96.2 Å². The molecule has 72 valence electrons. The Morgan fingerprint density at radius 1 is 1.21 bits per heavy atom. The van der Waals surface area contributed by atoms with Gasteiger partial charge in [0.25, 0.3) is 0 Å². The number of rotatable bonds is 1. The van der Waals surface area contributed by atoms with E-state index in [-0.39, 0.29) is 5.69 Å². The van der Waals surface area contributed by atoms with Gasteiger partial charge in [-0.3, -0.25) is 0 Å². The van der Waals surface area contributed by atoms with Crippen molar-refractivity contribution in [2.75, 3.05) is 0 Å². The molecule has 0 aliphatic rings. The highest BCUT2D eigenvalue weighted by Crippen LogP contribution is 2.15. The molecule has 0 unspecified atom stereocenters. The van der Waals surface area contributed by atoms with Crippen molar-refractivity contribution < 1.29 is 0 Å². The summed E-state index contributed by atoms with van der Waals surface area (Å²) in [4.78, 5) is 11.3. The van der Waals surface area contributed by atoms with Crippen LogP contribution in [0.3, 0.4) is 0 Å². The van der Waals surface area contributed by atoms with E-state index in [1.54, 1.807) is 0 Å². The zero-order valence-corrected chi connectivity index (χ0v) is 10.0. The van der Waals surface area contributed by atoms with Crippen LogP contribution in [0, 0.1) is 0 Å². The van der Waals surface area contributed by atoms with Gasteiger partial charge in [0.05, 0.1) is 5.69 Å². The van der Waals surface area contributed by atoms with Crippen molar-refractivity contribution in [1.82, 2.24) is 14.8 Å². The SMILES string of the molecule is O=c1[nH]nc(Br)n1-c1ccc(Br)cc1. The number of hydrogen-bond acceptors (Lipinski definition) is 2. The van der Waals surface area contributed by atoms with Crippen LogP contribution in [-0.2, 0) is 0 Å². The maximum atomic E-state index is 11.3. The zero-order chi connectivity index (χ0) is 10.1. The molecule has 4 nitrogen and oxygen atoms in total. The van der Waals surface area contributed by atoms with E-state index in [1.807, 2.05) is 24.3 Å². The molecule has 2 aromatic rings. The second kappa shape index (κ2) is 3.70. The van der Waals surface area contributed by atoms with Gasteiger partial charge in [-0.05, 0) is 40.2 Å². The van der Waals surface area contributed by atoms with Gasteiger partial charge in [0.1, 0.15) is 0 Å². The number of aromatic amines is 1. The quantitative estimate of drug-likeness (QED) is 0.875. The van der Waals surface area contributed by atoms with Crippen LogP contribution in [0.5, 0.6) is 0 Å². The lowest BCUT2D eigenvalue weighted by molar-refractivity contribution is 0.967. The standard InChI is InChI=1S/C8H5Br2N3O/c9-5-1-3-6(4-2-5)13-7(10)11-12-8(13)14/h1-4H,(H,12,14). The molecule has 1 aromatic carbocycles. The molecule has 0 saturated heterocycles. The number of aromatic nitrogens is 3. The third-order valence-electron chi connectivity index (χ3n) is 1.72. The van der Waals surface area contributed by atoms with Crippen LogP contribution in [0.2, 0.25) is 0 Å². The summed E-state index contributed by atoms with van der Waals surface area (Å²) in [5.74, 6) is 0. The molecule has 0 amide bonds. The van der Waals surface area contributed by atoms with Crippen LogP contribution in [0.15, 0.2) is 38.3 Å². The first kappa shape index (κ1) is 9.67. The van der Waals surface area contributed by atoms with Gasteiger partial charge in [-0.1, -0.05) is 15.9 Å². The van der Waals surface area contributed by atoms with Crippen LogP contribution in [0.25, 0.3) is 5.69 Å². The molecule has 0 aliphatic carbocycles. The van der Waals surface area contributed by atoms with Crippen molar-refractivity contribution >= 4 is 31.9 Å². The largest absolute Gasteiger partial charge is 0.348 e. The third-order valence-corrected chi connectivity index (χ3v) is 2.78. The minimum atomic E-state index is -0.265. The van der Waals surface area contributed by atoms with Gasteiger partial charge >= 0.3 is 5.69 Å². The van der Waals surface area contributed by atoms with Gasteiger partial charge in [-0.25, -0.2) is 14.5 Å². The minimum absolute atomic E-state index is 0.265. The van der Waals surface area contributed by atoms with Gasteiger partial charge in [-0.2, -0.15) is 0 Å².